The third kappa shape index (κ3) is 4.10. The number of thioether (sulfide) groups is 1. The number of alkyl halides is 1. The summed E-state index contributed by atoms with van der Waals surface area (Å²) >= 11 is 1.57. The Bertz CT molecular complexity index is 860. The number of benzene rings is 1. The molecule has 0 radical (unpaired) electrons. The van der Waals surface area contributed by atoms with E-state index in [1.54, 1.807) is 11.8 Å². The Balaban J connectivity index is 1.84. The number of halogens is 1. The van der Waals surface area contributed by atoms with Gasteiger partial charge in [0.1, 0.15) is 24.5 Å². The molecule has 0 fully saturated rings. The fraction of sp³-hybridized carbons (Fsp3) is 0.368. The standard InChI is InChI=1S/C19H22FN5OS/c1-12-8-13-4-5-15(20)14(13)9-16(12)27-11-25(6-3-7-26)19-17(22-2)18(21)23-10-24-19/h7-10,15H,2-6,11H2,1H3,(H2,21,23,24). The van der Waals surface area contributed by atoms with Gasteiger partial charge in [-0.15, -0.1) is 11.8 Å². The molecule has 2 N–H and O–H groups in total. The first kappa shape index (κ1) is 19.3. The lowest BCUT2D eigenvalue weighted by Crippen LogP contribution is -2.25. The minimum atomic E-state index is -0.885. The van der Waals surface area contributed by atoms with E-state index in [2.05, 4.69) is 27.7 Å². The highest BCUT2D eigenvalue weighted by molar-refractivity contribution is 7.99. The van der Waals surface area contributed by atoms with Crippen LogP contribution in [-0.4, -0.2) is 35.4 Å². The number of fused-ring (bicyclic) bond motifs is 1. The molecule has 1 heterocycles. The van der Waals surface area contributed by atoms with Crippen molar-refractivity contribution in [2.75, 3.05) is 23.1 Å². The van der Waals surface area contributed by atoms with Crippen LogP contribution in [0.3, 0.4) is 0 Å². The Hall–Kier alpha value is -2.48. The van der Waals surface area contributed by atoms with Crippen LogP contribution < -0.4 is 10.6 Å². The molecule has 6 nitrogen and oxygen atoms in total. The molecular weight excluding hydrogens is 365 g/mol. The second-order valence-corrected chi connectivity index (χ2v) is 7.39. The number of nitrogens with two attached hydrogens (primary N) is 1. The minimum Gasteiger partial charge on any atom is -0.382 e. The van der Waals surface area contributed by atoms with Crippen molar-refractivity contribution in [3.63, 3.8) is 0 Å². The van der Waals surface area contributed by atoms with Gasteiger partial charge in [0, 0.05) is 17.9 Å². The number of aldehydes is 1. The minimum absolute atomic E-state index is 0.241. The van der Waals surface area contributed by atoms with E-state index in [0.29, 0.717) is 36.8 Å². The molecule has 0 saturated heterocycles. The van der Waals surface area contributed by atoms with Gasteiger partial charge in [0.25, 0.3) is 0 Å². The van der Waals surface area contributed by atoms with Crippen LogP contribution >= 0.6 is 11.8 Å². The van der Waals surface area contributed by atoms with Crippen LogP contribution in [0, 0.1) is 6.92 Å². The number of carbonyl (C=O) groups excluding carboxylic acids is 1. The first-order valence-electron chi connectivity index (χ1n) is 8.71. The Morgan fingerprint density at radius 3 is 3.04 bits per heavy atom. The summed E-state index contributed by atoms with van der Waals surface area (Å²) in [6, 6.07) is 4.03. The third-order valence-corrected chi connectivity index (χ3v) is 5.81. The van der Waals surface area contributed by atoms with Gasteiger partial charge in [0.05, 0.1) is 5.88 Å². The number of nitrogen functional groups attached to an aromatic ring is 1. The van der Waals surface area contributed by atoms with E-state index in [1.165, 1.54) is 6.33 Å². The molecule has 0 aliphatic heterocycles. The maximum atomic E-state index is 14.1. The first-order chi connectivity index (χ1) is 13.0. The van der Waals surface area contributed by atoms with Crippen molar-refractivity contribution in [1.29, 1.82) is 0 Å². The van der Waals surface area contributed by atoms with Crippen LogP contribution in [0.25, 0.3) is 0 Å². The summed E-state index contributed by atoms with van der Waals surface area (Å²) in [5, 5.41) is 0. The summed E-state index contributed by atoms with van der Waals surface area (Å²) in [5.74, 6) is 1.29. The molecule has 0 saturated carbocycles. The lowest BCUT2D eigenvalue weighted by molar-refractivity contribution is -0.107. The summed E-state index contributed by atoms with van der Waals surface area (Å²) in [4.78, 5) is 26.0. The molecule has 1 aromatic heterocycles. The van der Waals surface area contributed by atoms with Gasteiger partial charge < -0.3 is 15.4 Å². The molecule has 0 bridgehead atoms. The fourth-order valence-corrected chi connectivity index (χ4v) is 4.26. The molecule has 1 atom stereocenters. The van der Waals surface area contributed by atoms with Crippen molar-refractivity contribution in [3.05, 3.63) is 35.2 Å². The zero-order chi connectivity index (χ0) is 19.4. The lowest BCUT2D eigenvalue weighted by Gasteiger charge is -2.24. The maximum absolute atomic E-state index is 14.1. The van der Waals surface area contributed by atoms with Gasteiger partial charge in [-0.1, -0.05) is 6.07 Å². The smallest absolute Gasteiger partial charge is 0.160 e. The number of nitrogens with zero attached hydrogens (tertiary/aromatic N) is 4. The first-order valence-corrected chi connectivity index (χ1v) is 9.69. The van der Waals surface area contributed by atoms with Crippen LogP contribution in [0.15, 0.2) is 28.3 Å². The SMILES string of the molecule is C=Nc1c(N)ncnc1N(CCC=O)CSc1cc2c(cc1C)CCC2F. The quantitative estimate of drug-likeness (QED) is 0.321. The van der Waals surface area contributed by atoms with Crippen molar-refractivity contribution in [3.8, 4) is 0 Å². The Morgan fingerprint density at radius 2 is 2.30 bits per heavy atom. The zero-order valence-corrected chi connectivity index (χ0v) is 16.0. The predicted octanol–water partition coefficient (Wildman–Crippen LogP) is 3.80. The average Bonchev–Trinajstić information content (AvgIpc) is 3.01. The Morgan fingerprint density at radius 1 is 1.48 bits per heavy atom. The number of rotatable bonds is 8. The summed E-state index contributed by atoms with van der Waals surface area (Å²) in [7, 11) is 0. The highest BCUT2D eigenvalue weighted by Crippen LogP contribution is 2.39. The van der Waals surface area contributed by atoms with Crippen molar-refractivity contribution < 1.29 is 9.18 Å². The molecule has 0 spiro atoms. The highest BCUT2D eigenvalue weighted by atomic mass is 32.2. The normalized spacial score (nSPS) is 15.4. The third-order valence-electron chi connectivity index (χ3n) is 4.62. The van der Waals surface area contributed by atoms with E-state index in [0.717, 1.165) is 34.3 Å². The van der Waals surface area contributed by atoms with Crippen LogP contribution in [0.4, 0.5) is 21.7 Å². The van der Waals surface area contributed by atoms with E-state index in [4.69, 9.17) is 5.73 Å². The number of aromatic nitrogens is 2. The zero-order valence-electron chi connectivity index (χ0n) is 15.2. The molecule has 142 valence electrons. The number of anilines is 2. The Kier molecular flexibility index (Phi) is 6.05. The molecule has 1 unspecified atom stereocenters. The van der Waals surface area contributed by atoms with Gasteiger partial charge in [-0.25, -0.2) is 14.4 Å². The van der Waals surface area contributed by atoms with E-state index in [-0.39, 0.29) is 5.82 Å². The summed E-state index contributed by atoms with van der Waals surface area (Å²) < 4.78 is 14.1. The fourth-order valence-electron chi connectivity index (χ4n) is 3.22. The monoisotopic (exact) mass is 387 g/mol. The summed E-state index contributed by atoms with van der Waals surface area (Å²) in [6.45, 7) is 6.04. The maximum Gasteiger partial charge on any atom is 0.160 e. The second-order valence-electron chi connectivity index (χ2n) is 6.40. The van der Waals surface area contributed by atoms with Crippen LogP contribution in [-0.2, 0) is 11.2 Å². The molecule has 0 amide bonds. The average molecular weight is 387 g/mol. The van der Waals surface area contributed by atoms with Crippen LogP contribution in [0.2, 0.25) is 0 Å². The lowest BCUT2D eigenvalue weighted by atomic mass is 10.1. The van der Waals surface area contributed by atoms with Gasteiger partial charge in [-0.05, 0) is 49.2 Å². The molecule has 1 aliphatic rings. The summed E-state index contributed by atoms with van der Waals surface area (Å²) in [6.07, 6.45) is 3.04. The molecule has 1 aliphatic carbocycles. The number of hydrogen-bond acceptors (Lipinski definition) is 7. The van der Waals surface area contributed by atoms with E-state index >= 15 is 0 Å². The van der Waals surface area contributed by atoms with E-state index in [9.17, 15) is 9.18 Å². The highest BCUT2D eigenvalue weighted by Gasteiger charge is 2.23. The van der Waals surface area contributed by atoms with Crippen molar-refractivity contribution in [2.24, 2.45) is 4.99 Å². The Labute approximate surface area is 162 Å². The number of hydrogen-bond donors (Lipinski definition) is 1. The van der Waals surface area contributed by atoms with Gasteiger partial charge in [-0.3, -0.25) is 4.99 Å². The molecular formula is C19H22FN5OS. The van der Waals surface area contributed by atoms with E-state index < -0.39 is 6.17 Å². The van der Waals surface area contributed by atoms with Gasteiger partial charge in [0.2, 0.25) is 0 Å². The van der Waals surface area contributed by atoms with E-state index in [1.807, 2.05) is 17.9 Å². The second kappa shape index (κ2) is 8.47. The van der Waals surface area contributed by atoms with Gasteiger partial charge in [0.15, 0.2) is 11.6 Å². The number of carbonyl (C=O) groups is 1. The molecule has 2 aromatic rings. The predicted molar refractivity (Wildman–Crippen MR) is 108 cm³/mol. The number of aryl methyl sites for hydroxylation is 2. The van der Waals surface area contributed by atoms with Crippen LogP contribution in [0.5, 0.6) is 0 Å². The molecule has 27 heavy (non-hydrogen) atoms. The van der Waals surface area contributed by atoms with Crippen molar-refractivity contribution in [2.45, 2.75) is 37.3 Å². The summed E-state index contributed by atoms with van der Waals surface area (Å²) in [5.41, 5.74) is 9.29. The number of aliphatic imine (C=N–C) groups is 1. The molecule has 1 aromatic carbocycles. The largest absolute Gasteiger partial charge is 0.382 e. The van der Waals surface area contributed by atoms with Gasteiger partial charge >= 0.3 is 0 Å². The topological polar surface area (TPSA) is 84.5 Å². The van der Waals surface area contributed by atoms with Crippen molar-refractivity contribution in [1.82, 2.24) is 9.97 Å². The van der Waals surface area contributed by atoms with Crippen molar-refractivity contribution >= 4 is 42.1 Å². The van der Waals surface area contributed by atoms with Crippen LogP contribution in [0.1, 0.15) is 35.7 Å². The molecule has 8 heteroatoms. The molecule has 3 rings (SSSR count). The van der Waals surface area contributed by atoms with Gasteiger partial charge in [-0.2, -0.15) is 0 Å².